The van der Waals surface area contributed by atoms with Crippen LogP contribution in [0.5, 0.6) is 0 Å². The van der Waals surface area contributed by atoms with Crippen LogP contribution in [0.1, 0.15) is 29.8 Å². The van der Waals surface area contributed by atoms with E-state index in [-0.39, 0.29) is 5.91 Å². The summed E-state index contributed by atoms with van der Waals surface area (Å²) in [5.74, 6) is 0.502. The van der Waals surface area contributed by atoms with Gasteiger partial charge in [0, 0.05) is 25.8 Å². The molecule has 0 fully saturated rings. The first-order valence-electron chi connectivity index (χ1n) is 7.15. The number of hydrogen-bond donors (Lipinski definition) is 1. The molecule has 1 aromatic carbocycles. The lowest BCUT2D eigenvalue weighted by Gasteiger charge is -2.24. The van der Waals surface area contributed by atoms with Crippen LogP contribution in [0.3, 0.4) is 0 Å². The third-order valence-electron chi connectivity index (χ3n) is 3.07. The van der Waals surface area contributed by atoms with Crippen LogP contribution in [-0.2, 0) is 11.2 Å². The van der Waals surface area contributed by atoms with E-state index in [0.29, 0.717) is 25.6 Å². The summed E-state index contributed by atoms with van der Waals surface area (Å²) in [7, 11) is 1.65. The largest absolute Gasteiger partial charge is 0.383 e. The molecule has 112 valence electrons. The fraction of sp³-hybridized carbons (Fsp3) is 0.562. The SMILES string of the molecule is COCCN(CC(C)C)C(=O)c1ccc(CCN)cc1. The van der Waals surface area contributed by atoms with Crippen LogP contribution in [0.25, 0.3) is 0 Å². The molecule has 0 heterocycles. The molecular weight excluding hydrogens is 252 g/mol. The highest BCUT2D eigenvalue weighted by atomic mass is 16.5. The summed E-state index contributed by atoms with van der Waals surface area (Å²) in [6.45, 7) is 6.77. The minimum absolute atomic E-state index is 0.0649. The molecule has 0 aliphatic rings. The normalized spacial score (nSPS) is 10.8. The molecule has 20 heavy (non-hydrogen) atoms. The van der Waals surface area contributed by atoms with Crippen molar-refractivity contribution in [1.82, 2.24) is 4.90 Å². The maximum Gasteiger partial charge on any atom is 0.253 e. The summed E-state index contributed by atoms with van der Waals surface area (Å²) in [5.41, 5.74) is 7.42. The lowest BCUT2D eigenvalue weighted by Crippen LogP contribution is -2.36. The van der Waals surface area contributed by atoms with Gasteiger partial charge in [0.15, 0.2) is 0 Å². The minimum Gasteiger partial charge on any atom is -0.383 e. The van der Waals surface area contributed by atoms with Gasteiger partial charge in [-0.15, -0.1) is 0 Å². The van der Waals surface area contributed by atoms with Crippen molar-refractivity contribution < 1.29 is 9.53 Å². The summed E-state index contributed by atoms with van der Waals surface area (Å²) in [6.07, 6.45) is 0.841. The lowest BCUT2D eigenvalue weighted by atomic mass is 10.1. The number of carbonyl (C=O) groups is 1. The van der Waals surface area contributed by atoms with Crippen molar-refractivity contribution in [2.45, 2.75) is 20.3 Å². The van der Waals surface area contributed by atoms with Gasteiger partial charge < -0.3 is 15.4 Å². The van der Waals surface area contributed by atoms with Gasteiger partial charge in [-0.05, 0) is 36.6 Å². The maximum absolute atomic E-state index is 12.5. The average Bonchev–Trinajstić information content (AvgIpc) is 2.43. The average molecular weight is 278 g/mol. The molecule has 1 amide bonds. The highest BCUT2D eigenvalue weighted by Gasteiger charge is 2.16. The molecule has 0 bridgehead atoms. The summed E-state index contributed by atoms with van der Waals surface area (Å²) in [6, 6.07) is 7.72. The molecule has 0 spiro atoms. The van der Waals surface area contributed by atoms with Gasteiger partial charge in [-0.1, -0.05) is 26.0 Å². The molecule has 0 aromatic heterocycles. The summed E-state index contributed by atoms with van der Waals surface area (Å²) in [4.78, 5) is 14.4. The Morgan fingerprint density at radius 2 is 1.95 bits per heavy atom. The van der Waals surface area contributed by atoms with E-state index in [2.05, 4.69) is 13.8 Å². The molecule has 1 rings (SSSR count). The van der Waals surface area contributed by atoms with Gasteiger partial charge >= 0.3 is 0 Å². The lowest BCUT2D eigenvalue weighted by molar-refractivity contribution is 0.0672. The maximum atomic E-state index is 12.5. The summed E-state index contributed by atoms with van der Waals surface area (Å²) >= 11 is 0. The van der Waals surface area contributed by atoms with E-state index in [9.17, 15) is 4.79 Å². The number of amides is 1. The molecule has 4 nitrogen and oxygen atoms in total. The van der Waals surface area contributed by atoms with Crippen molar-refractivity contribution in [2.75, 3.05) is 33.4 Å². The molecular formula is C16H26N2O2. The van der Waals surface area contributed by atoms with Gasteiger partial charge in [0.05, 0.1) is 6.61 Å². The van der Waals surface area contributed by atoms with Crippen molar-refractivity contribution in [3.8, 4) is 0 Å². The zero-order chi connectivity index (χ0) is 15.0. The zero-order valence-electron chi connectivity index (χ0n) is 12.8. The number of rotatable bonds is 8. The van der Waals surface area contributed by atoms with Crippen LogP contribution < -0.4 is 5.73 Å². The second-order valence-electron chi connectivity index (χ2n) is 5.37. The number of carbonyl (C=O) groups excluding carboxylic acids is 1. The fourth-order valence-corrected chi connectivity index (χ4v) is 2.08. The number of nitrogens with two attached hydrogens (primary N) is 1. The van der Waals surface area contributed by atoms with Gasteiger partial charge in [0.25, 0.3) is 5.91 Å². The Labute approximate surface area is 121 Å². The quantitative estimate of drug-likeness (QED) is 0.790. The Hall–Kier alpha value is -1.39. The zero-order valence-corrected chi connectivity index (χ0v) is 12.8. The van der Waals surface area contributed by atoms with Gasteiger partial charge in [0.1, 0.15) is 0 Å². The minimum atomic E-state index is 0.0649. The van der Waals surface area contributed by atoms with Crippen LogP contribution in [0, 0.1) is 5.92 Å². The van der Waals surface area contributed by atoms with E-state index in [4.69, 9.17) is 10.5 Å². The van der Waals surface area contributed by atoms with Crippen molar-refractivity contribution in [3.05, 3.63) is 35.4 Å². The molecule has 0 aliphatic carbocycles. The third kappa shape index (κ3) is 5.31. The molecule has 0 unspecified atom stereocenters. The highest BCUT2D eigenvalue weighted by Crippen LogP contribution is 2.10. The van der Waals surface area contributed by atoms with Crippen LogP contribution in [0.4, 0.5) is 0 Å². The molecule has 0 atom stereocenters. The predicted octanol–water partition coefficient (Wildman–Crippen LogP) is 1.93. The Morgan fingerprint density at radius 3 is 2.45 bits per heavy atom. The van der Waals surface area contributed by atoms with E-state index in [1.54, 1.807) is 7.11 Å². The first-order chi connectivity index (χ1) is 9.58. The predicted molar refractivity (Wildman–Crippen MR) is 81.8 cm³/mol. The standard InChI is InChI=1S/C16H26N2O2/c1-13(2)12-18(10-11-20-3)16(19)15-6-4-14(5-7-15)8-9-17/h4-7,13H,8-12,17H2,1-3H3. The Kier molecular flexibility index (Phi) is 7.26. The van der Waals surface area contributed by atoms with Crippen LogP contribution in [0.2, 0.25) is 0 Å². The molecule has 2 N–H and O–H groups in total. The first kappa shape index (κ1) is 16.7. The smallest absolute Gasteiger partial charge is 0.253 e. The molecule has 1 aromatic rings. The number of nitrogens with zero attached hydrogens (tertiary/aromatic N) is 1. The van der Waals surface area contributed by atoms with E-state index < -0.39 is 0 Å². The number of ether oxygens (including phenoxy) is 1. The molecule has 0 radical (unpaired) electrons. The van der Waals surface area contributed by atoms with Gasteiger partial charge in [0.2, 0.25) is 0 Å². The number of hydrogen-bond acceptors (Lipinski definition) is 3. The van der Waals surface area contributed by atoms with E-state index in [1.165, 1.54) is 0 Å². The van der Waals surface area contributed by atoms with Crippen LogP contribution in [0.15, 0.2) is 24.3 Å². The summed E-state index contributed by atoms with van der Waals surface area (Å²) < 4.78 is 5.08. The number of methoxy groups -OCH3 is 1. The Balaban J connectivity index is 2.76. The highest BCUT2D eigenvalue weighted by molar-refractivity contribution is 5.94. The number of benzene rings is 1. The van der Waals surface area contributed by atoms with Crippen LogP contribution >= 0.6 is 0 Å². The molecule has 0 saturated carbocycles. The monoisotopic (exact) mass is 278 g/mol. The first-order valence-corrected chi connectivity index (χ1v) is 7.15. The Bertz CT molecular complexity index is 401. The van der Waals surface area contributed by atoms with Crippen molar-refractivity contribution in [1.29, 1.82) is 0 Å². The topological polar surface area (TPSA) is 55.6 Å². The van der Waals surface area contributed by atoms with Crippen molar-refractivity contribution >= 4 is 5.91 Å². The second-order valence-corrected chi connectivity index (χ2v) is 5.37. The van der Waals surface area contributed by atoms with E-state index in [1.807, 2.05) is 29.2 Å². The van der Waals surface area contributed by atoms with Gasteiger partial charge in [-0.2, -0.15) is 0 Å². The fourth-order valence-electron chi connectivity index (χ4n) is 2.08. The molecule has 4 heteroatoms. The van der Waals surface area contributed by atoms with Gasteiger partial charge in [-0.3, -0.25) is 4.79 Å². The Morgan fingerprint density at radius 1 is 1.30 bits per heavy atom. The van der Waals surface area contributed by atoms with E-state index >= 15 is 0 Å². The van der Waals surface area contributed by atoms with E-state index in [0.717, 1.165) is 24.1 Å². The molecule has 0 saturated heterocycles. The molecule has 0 aliphatic heterocycles. The van der Waals surface area contributed by atoms with Crippen molar-refractivity contribution in [3.63, 3.8) is 0 Å². The third-order valence-corrected chi connectivity index (χ3v) is 3.07. The second kappa shape index (κ2) is 8.72. The summed E-state index contributed by atoms with van der Waals surface area (Å²) in [5, 5.41) is 0. The van der Waals surface area contributed by atoms with Crippen LogP contribution in [-0.4, -0.2) is 44.2 Å². The van der Waals surface area contributed by atoms with Crippen molar-refractivity contribution in [2.24, 2.45) is 11.7 Å². The van der Waals surface area contributed by atoms with Gasteiger partial charge in [-0.25, -0.2) is 0 Å².